The quantitative estimate of drug-likeness (QED) is 0.622. The predicted octanol–water partition coefficient (Wildman–Crippen LogP) is 3.21. The van der Waals surface area contributed by atoms with Crippen LogP contribution in [0.15, 0.2) is 42.5 Å². The number of likely N-dealkylation sites (tertiary alicyclic amines) is 1. The molecule has 1 aromatic carbocycles. The molecule has 1 N–H and O–H groups in total. The first-order valence-electron chi connectivity index (χ1n) is 7.49. The first-order chi connectivity index (χ1) is 9.38. The second-order valence-electron chi connectivity index (χ2n) is 5.35. The summed E-state index contributed by atoms with van der Waals surface area (Å²) in [6.45, 7) is 6.74. The van der Waals surface area contributed by atoms with Crippen molar-refractivity contribution in [3.05, 3.63) is 48.0 Å². The molecule has 0 aromatic heterocycles. The normalized spacial score (nSPS) is 18.2. The van der Waals surface area contributed by atoms with Crippen LogP contribution in [0, 0.1) is 0 Å². The molecule has 0 bridgehead atoms. The van der Waals surface area contributed by atoms with Crippen LogP contribution in [0.25, 0.3) is 0 Å². The fourth-order valence-electron chi connectivity index (χ4n) is 2.67. The summed E-state index contributed by atoms with van der Waals surface area (Å²) in [5.74, 6) is 0. The van der Waals surface area contributed by atoms with E-state index in [2.05, 4.69) is 59.6 Å². The van der Waals surface area contributed by atoms with Gasteiger partial charge in [-0.15, -0.1) is 0 Å². The van der Waals surface area contributed by atoms with Crippen molar-refractivity contribution in [1.29, 1.82) is 0 Å². The summed E-state index contributed by atoms with van der Waals surface area (Å²) >= 11 is 0. The maximum atomic E-state index is 3.66. The molecule has 2 rings (SSSR count). The molecule has 1 heterocycles. The van der Waals surface area contributed by atoms with Gasteiger partial charge in [0.05, 0.1) is 0 Å². The lowest BCUT2D eigenvalue weighted by molar-refractivity contribution is 0.191. The second-order valence-corrected chi connectivity index (χ2v) is 5.35. The van der Waals surface area contributed by atoms with E-state index < -0.39 is 0 Å². The summed E-state index contributed by atoms with van der Waals surface area (Å²) in [5.41, 5.74) is 1.43. The molecule has 0 amide bonds. The molecule has 1 aromatic rings. The van der Waals surface area contributed by atoms with Crippen LogP contribution in [0.5, 0.6) is 0 Å². The lowest BCUT2D eigenvalue weighted by Crippen LogP contribution is -2.42. The Bertz CT molecular complexity index is 364. The van der Waals surface area contributed by atoms with Gasteiger partial charge < -0.3 is 5.32 Å². The molecule has 2 nitrogen and oxygen atoms in total. The summed E-state index contributed by atoms with van der Waals surface area (Å²) in [5, 5.41) is 3.66. The third-order valence-electron chi connectivity index (χ3n) is 3.82. The minimum atomic E-state index is 0.720. The van der Waals surface area contributed by atoms with E-state index in [9.17, 15) is 0 Å². The molecular formula is C17H26N2. The molecule has 1 aliphatic heterocycles. The summed E-state index contributed by atoms with van der Waals surface area (Å²) < 4.78 is 0. The van der Waals surface area contributed by atoms with Crippen molar-refractivity contribution in [3.8, 4) is 0 Å². The van der Waals surface area contributed by atoms with Crippen molar-refractivity contribution in [3.63, 3.8) is 0 Å². The van der Waals surface area contributed by atoms with Crippen molar-refractivity contribution in [2.45, 2.75) is 38.8 Å². The zero-order chi connectivity index (χ0) is 13.3. The van der Waals surface area contributed by atoms with Gasteiger partial charge in [0.15, 0.2) is 0 Å². The van der Waals surface area contributed by atoms with Crippen LogP contribution >= 0.6 is 0 Å². The van der Waals surface area contributed by atoms with Gasteiger partial charge in [-0.25, -0.2) is 0 Å². The number of nitrogens with one attached hydrogen (secondary N) is 1. The van der Waals surface area contributed by atoms with Gasteiger partial charge in [-0.1, -0.05) is 42.5 Å². The van der Waals surface area contributed by atoms with Gasteiger partial charge in [0, 0.05) is 12.6 Å². The fourth-order valence-corrected chi connectivity index (χ4v) is 2.67. The first-order valence-corrected chi connectivity index (χ1v) is 7.49. The highest BCUT2D eigenvalue weighted by molar-refractivity contribution is 5.14. The van der Waals surface area contributed by atoms with Gasteiger partial charge in [-0.2, -0.15) is 0 Å². The molecule has 104 valence electrons. The van der Waals surface area contributed by atoms with Gasteiger partial charge in [-0.05, 0) is 51.4 Å². The lowest BCUT2D eigenvalue weighted by atomic mass is 10.0. The Labute approximate surface area is 117 Å². The minimum Gasteiger partial charge on any atom is -0.314 e. The number of rotatable bonds is 6. The number of nitrogens with zero attached hydrogens (tertiary/aromatic N) is 1. The van der Waals surface area contributed by atoms with Crippen LogP contribution in [0.3, 0.4) is 0 Å². The molecule has 0 aliphatic carbocycles. The van der Waals surface area contributed by atoms with Crippen molar-refractivity contribution in [1.82, 2.24) is 10.2 Å². The molecule has 1 fully saturated rings. The zero-order valence-corrected chi connectivity index (χ0v) is 12.0. The van der Waals surface area contributed by atoms with E-state index in [0.717, 1.165) is 25.6 Å². The van der Waals surface area contributed by atoms with Crippen LogP contribution in [-0.4, -0.2) is 30.6 Å². The van der Waals surface area contributed by atoms with E-state index >= 15 is 0 Å². The Morgan fingerprint density at radius 3 is 2.63 bits per heavy atom. The fraction of sp³-hybridized carbons (Fsp3) is 0.529. The smallest absolute Gasteiger partial charge is 0.0233 e. The lowest BCUT2D eigenvalue weighted by Gasteiger charge is -2.32. The molecule has 19 heavy (non-hydrogen) atoms. The zero-order valence-electron chi connectivity index (χ0n) is 12.0. The molecule has 0 radical (unpaired) electrons. The maximum Gasteiger partial charge on any atom is 0.0233 e. The average molecular weight is 258 g/mol. The van der Waals surface area contributed by atoms with E-state index in [0.29, 0.717) is 0 Å². The second kappa shape index (κ2) is 8.13. The number of benzene rings is 1. The monoisotopic (exact) mass is 258 g/mol. The largest absolute Gasteiger partial charge is 0.314 e. The highest BCUT2D eigenvalue weighted by Crippen LogP contribution is 2.13. The Kier molecular flexibility index (Phi) is 6.12. The van der Waals surface area contributed by atoms with Crippen molar-refractivity contribution >= 4 is 0 Å². The minimum absolute atomic E-state index is 0.720. The molecule has 1 aliphatic rings. The molecule has 0 spiro atoms. The van der Waals surface area contributed by atoms with E-state index in [-0.39, 0.29) is 0 Å². The first kappa shape index (κ1) is 14.3. The van der Waals surface area contributed by atoms with E-state index in [1.165, 1.54) is 31.5 Å². The van der Waals surface area contributed by atoms with E-state index in [4.69, 9.17) is 0 Å². The van der Waals surface area contributed by atoms with Crippen LogP contribution in [-0.2, 0) is 6.54 Å². The molecular weight excluding hydrogens is 232 g/mol. The Morgan fingerprint density at radius 1 is 1.21 bits per heavy atom. The van der Waals surface area contributed by atoms with Crippen molar-refractivity contribution in [2.24, 2.45) is 0 Å². The number of allylic oxidation sites excluding steroid dienone is 1. The summed E-state index contributed by atoms with van der Waals surface area (Å²) in [6.07, 6.45) is 8.08. The molecule has 0 atom stereocenters. The topological polar surface area (TPSA) is 15.3 Å². The molecule has 0 saturated carbocycles. The van der Waals surface area contributed by atoms with E-state index in [1.807, 2.05) is 0 Å². The van der Waals surface area contributed by atoms with Crippen LogP contribution in [0.2, 0.25) is 0 Å². The SMILES string of the molecule is C/C=C/CCNC1CCN(Cc2ccccc2)CC1. The summed E-state index contributed by atoms with van der Waals surface area (Å²) in [6, 6.07) is 11.5. The van der Waals surface area contributed by atoms with Crippen molar-refractivity contribution < 1.29 is 0 Å². The summed E-state index contributed by atoms with van der Waals surface area (Å²) in [7, 11) is 0. The number of hydrogen-bond donors (Lipinski definition) is 1. The van der Waals surface area contributed by atoms with Crippen LogP contribution in [0.1, 0.15) is 31.7 Å². The van der Waals surface area contributed by atoms with Crippen molar-refractivity contribution in [2.75, 3.05) is 19.6 Å². The molecule has 0 unspecified atom stereocenters. The van der Waals surface area contributed by atoms with Crippen LogP contribution in [0.4, 0.5) is 0 Å². The summed E-state index contributed by atoms with van der Waals surface area (Å²) in [4.78, 5) is 2.57. The van der Waals surface area contributed by atoms with Gasteiger partial charge in [-0.3, -0.25) is 4.90 Å². The molecule has 2 heteroatoms. The number of hydrogen-bond acceptors (Lipinski definition) is 2. The highest BCUT2D eigenvalue weighted by atomic mass is 15.1. The predicted molar refractivity (Wildman–Crippen MR) is 82.2 cm³/mol. The van der Waals surface area contributed by atoms with Gasteiger partial charge in [0.25, 0.3) is 0 Å². The number of piperidine rings is 1. The Hall–Kier alpha value is -1.12. The highest BCUT2D eigenvalue weighted by Gasteiger charge is 2.18. The van der Waals surface area contributed by atoms with Gasteiger partial charge in [0.2, 0.25) is 0 Å². The standard InChI is InChI=1S/C17H26N2/c1-2-3-7-12-18-17-10-13-19(14-11-17)15-16-8-5-4-6-9-16/h2-6,8-9,17-18H,7,10-15H2,1H3/b3-2+. The Balaban J connectivity index is 1.65. The average Bonchev–Trinajstić information content (AvgIpc) is 2.46. The van der Waals surface area contributed by atoms with E-state index in [1.54, 1.807) is 0 Å². The third kappa shape index (κ3) is 5.17. The maximum absolute atomic E-state index is 3.66. The third-order valence-corrected chi connectivity index (χ3v) is 3.82. The van der Waals surface area contributed by atoms with Gasteiger partial charge >= 0.3 is 0 Å². The molecule has 1 saturated heterocycles. The van der Waals surface area contributed by atoms with Crippen LogP contribution < -0.4 is 5.32 Å². The Morgan fingerprint density at radius 2 is 1.95 bits per heavy atom. The van der Waals surface area contributed by atoms with Gasteiger partial charge in [0.1, 0.15) is 0 Å².